The smallest absolute Gasteiger partial charge is 0.307 e. The maximum Gasteiger partial charge on any atom is 0.307 e. The van der Waals surface area contributed by atoms with Crippen LogP contribution in [0.3, 0.4) is 0 Å². The number of pyridine rings is 1. The highest BCUT2D eigenvalue weighted by molar-refractivity contribution is 9.11. The fourth-order valence-corrected chi connectivity index (χ4v) is 3.28. The molecule has 1 aromatic rings. The largest absolute Gasteiger partial charge is 0.481 e. The first-order valence-electron chi connectivity index (χ1n) is 5.81. The second kappa shape index (κ2) is 6.12. The van der Waals surface area contributed by atoms with Gasteiger partial charge in [-0.2, -0.15) is 0 Å². The molecule has 4 nitrogen and oxygen atoms in total. The molecular weight excluding hydrogens is 364 g/mol. The third kappa shape index (κ3) is 3.52. The van der Waals surface area contributed by atoms with E-state index >= 15 is 0 Å². The Balaban J connectivity index is 2.02. The van der Waals surface area contributed by atoms with Crippen molar-refractivity contribution in [1.29, 1.82) is 0 Å². The second-order valence-electron chi connectivity index (χ2n) is 4.49. The van der Waals surface area contributed by atoms with Crippen molar-refractivity contribution >= 4 is 37.8 Å². The average Bonchev–Trinajstić information content (AvgIpc) is 2.33. The van der Waals surface area contributed by atoms with Gasteiger partial charge in [0.1, 0.15) is 0 Å². The van der Waals surface area contributed by atoms with Gasteiger partial charge in [-0.1, -0.05) is 0 Å². The Kier molecular flexibility index (Phi) is 4.75. The summed E-state index contributed by atoms with van der Waals surface area (Å²) in [5.41, 5.74) is 0.948. The van der Waals surface area contributed by atoms with Crippen molar-refractivity contribution in [1.82, 2.24) is 9.88 Å². The van der Waals surface area contributed by atoms with E-state index in [1.165, 1.54) is 0 Å². The number of carboxylic acids is 1. The molecule has 0 aliphatic carbocycles. The first-order chi connectivity index (χ1) is 8.56. The molecule has 1 aliphatic rings. The molecule has 1 fully saturated rings. The van der Waals surface area contributed by atoms with E-state index in [-0.39, 0.29) is 5.92 Å². The van der Waals surface area contributed by atoms with Gasteiger partial charge >= 0.3 is 5.97 Å². The highest BCUT2D eigenvalue weighted by Crippen LogP contribution is 2.23. The number of piperidine rings is 1. The minimum absolute atomic E-state index is 0.243. The van der Waals surface area contributed by atoms with Crippen LogP contribution < -0.4 is 0 Å². The molecule has 2 heterocycles. The Morgan fingerprint density at radius 2 is 2.33 bits per heavy atom. The zero-order valence-electron chi connectivity index (χ0n) is 9.77. The fourth-order valence-electron chi connectivity index (χ4n) is 2.17. The van der Waals surface area contributed by atoms with Crippen LogP contribution in [0, 0.1) is 5.92 Å². The minimum atomic E-state index is -0.692. The van der Waals surface area contributed by atoms with Crippen molar-refractivity contribution in [2.75, 3.05) is 13.1 Å². The van der Waals surface area contributed by atoms with Gasteiger partial charge in [-0.15, -0.1) is 0 Å². The predicted molar refractivity (Wildman–Crippen MR) is 75.3 cm³/mol. The normalized spacial score (nSPS) is 20.9. The molecule has 1 N–H and O–H groups in total. The highest BCUT2D eigenvalue weighted by atomic mass is 79.9. The molecule has 0 saturated carbocycles. The molecule has 2 rings (SSSR count). The fraction of sp³-hybridized carbons (Fsp3) is 0.500. The van der Waals surface area contributed by atoms with Gasteiger partial charge in [0.25, 0.3) is 0 Å². The van der Waals surface area contributed by atoms with Crippen LogP contribution in [0.2, 0.25) is 0 Å². The number of hydrogen-bond donors (Lipinski definition) is 1. The maximum absolute atomic E-state index is 11.0. The van der Waals surface area contributed by atoms with Crippen LogP contribution in [-0.4, -0.2) is 34.0 Å². The monoisotopic (exact) mass is 376 g/mol. The molecule has 1 aromatic heterocycles. The Bertz CT molecular complexity index is 454. The van der Waals surface area contributed by atoms with Crippen molar-refractivity contribution in [2.45, 2.75) is 19.4 Å². The lowest BCUT2D eigenvalue weighted by Crippen LogP contribution is -2.38. The number of likely N-dealkylation sites (tertiary alicyclic amines) is 1. The van der Waals surface area contributed by atoms with E-state index < -0.39 is 5.97 Å². The van der Waals surface area contributed by atoms with Gasteiger partial charge in [-0.25, -0.2) is 0 Å². The minimum Gasteiger partial charge on any atom is -0.481 e. The first-order valence-corrected chi connectivity index (χ1v) is 7.40. The Morgan fingerprint density at radius 3 is 3.00 bits per heavy atom. The molecule has 0 spiro atoms. The first kappa shape index (κ1) is 14.0. The molecule has 1 unspecified atom stereocenters. The summed E-state index contributed by atoms with van der Waals surface area (Å²) >= 11 is 6.85. The van der Waals surface area contributed by atoms with Gasteiger partial charge in [0.05, 0.1) is 11.6 Å². The lowest BCUT2D eigenvalue weighted by atomic mass is 9.98. The average molecular weight is 378 g/mol. The lowest BCUT2D eigenvalue weighted by Gasteiger charge is -2.30. The number of nitrogens with zero attached hydrogens (tertiary/aromatic N) is 2. The molecule has 6 heteroatoms. The lowest BCUT2D eigenvalue weighted by molar-refractivity contribution is -0.143. The molecule has 1 aliphatic heterocycles. The molecule has 0 amide bonds. The Labute approximate surface area is 123 Å². The number of hydrogen-bond acceptors (Lipinski definition) is 3. The van der Waals surface area contributed by atoms with Crippen molar-refractivity contribution in [3.8, 4) is 0 Å². The molecule has 1 atom stereocenters. The molecule has 0 aromatic carbocycles. The summed E-state index contributed by atoms with van der Waals surface area (Å²) in [5, 5.41) is 9.06. The van der Waals surface area contributed by atoms with E-state index in [0.717, 1.165) is 34.0 Å². The summed E-state index contributed by atoms with van der Waals surface area (Å²) in [6.07, 6.45) is 3.48. The molecule has 18 heavy (non-hydrogen) atoms. The summed E-state index contributed by atoms with van der Waals surface area (Å²) in [6, 6.07) is 1.96. The van der Waals surface area contributed by atoms with Crippen molar-refractivity contribution in [3.05, 3.63) is 26.9 Å². The van der Waals surface area contributed by atoms with E-state index in [0.29, 0.717) is 13.1 Å². The standard InChI is InChI=1S/C12H14Br2N2O2/c13-9-4-10(14)11(15-5-9)7-16-3-1-2-8(6-16)12(17)18/h4-5,8H,1-3,6-7H2,(H,17,18). The highest BCUT2D eigenvalue weighted by Gasteiger charge is 2.25. The van der Waals surface area contributed by atoms with E-state index in [9.17, 15) is 4.79 Å². The number of aromatic nitrogens is 1. The Hall–Kier alpha value is -0.460. The van der Waals surface area contributed by atoms with Crippen LogP contribution in [0.25, 0.3) is 0 Å². The van der Waals surface area contributed by atoms with Crippen LogP contribution in [0.5, 0.6) is 0 Å². The van der Waals surface area contributed by atoms with Gasteiger partial charge < -0.3 is 5.11 Å². The zero-order valence-corrected chi connectivity index (χ0v) is 12.9. The number of carbonyl (C=O) groups is 1. The second-order valence-corrected chi connectivity index (χ2v) is 6.26. The van der Waals surface area contributed by atoms with Crippen molar-refractivity contribution in [3.63, 3.8) is 0 Å². The third-order valence-electron chi connectivity index (χ3n) is 3.11. The molecule has 0 bridgehead atoms. The van der Waals surface area contributed by atoms with Crippen LogP contribution in [0.1, 0.15) is 18.5 Å². The van der Waals surface area contributed by atoms with E-state index in [1.54, 1.807) is 6.20 Å². The summed E-state index contributed by atoms with van der Waals surface area (Å²) in [6.45, 7) is 2.24. The number of halogens is 2. The summed E-state index contributed by atoms with van der Waals surface area (Å²) in [7, 11) is 0. The molecule has 0 radical (unpaired) electrons. The van der Waals surface area contributed by atoms with Crippen molar-refractivity contribution < 1.29 is 9.90 Å². The Morgan fingerprint density at radius 1 is 1.56 bits per heavy atom. The van der Waals surface area contributed by atoms with E-state index in [4.69, 9.17) is 5.11 Å². The van der Waals surface area contributed by atoms with Gasteiger partial charge in [-0.3, -0.25) is 14.7 Å². The number of rotatable bonds is 3. The molecular formula is C12H14Br2N2O2. The van der Waals surface area contributed by atoms with Gasteiger partial charge in [0, 0.05) is 28.2 Å². The van der Waals surface area contributed by atoms with Crippen LogP contribution >= 0.6 is 31.9 Å². The topological polar surface area (TPSA) is 53.4 Å². The predicted octanol–water partition coefficient (Wildman–Crippen LogP) is 2.90. The number of carboxylic acid groups (broad SMARTS) is 1. The van der Waals surface area contributed by atoms with Crippen LogP contribution in [0.4, 0.5) is 0 Å². The van der Waals surface area contributed by atoms with Gasteiger partial charge in [0.2, 0.25) is 0 Å². The van der Waals surface area contributed by atoms with Gasteiger partial charge in [0.15, 0.2) is 0 Å². The van der Waals surface area contributed by atoms with Crippen molar-refractivity contribution in [2.24, 2.45) is 5.92 Å². The summed E-state index contributed by atoms with van der Waals surface area (Å²) in [4.78, 5) is 17.5. The quantitative estimate of drug-likeness (QED) is 0.879. The summed E-state index contributed by atoms with van der Waals surface area (Å²) < 4.78 is 1.88. The van der Waals surface area contributed by atoms with E-state index in [1.807, 2.05) is 6.07 Å². The summed E-state index contributed by atoms with van der Waals surface area (Å²) in [5.74, 6) is -0.935. The van der Waals surface area contributed by atoms with Crippen LogP contribution in [0.15, 0.2) is 21.2 Å². The SMILES string of the molecule is O=C(O)C1CCCN(Cc2ncc(Br)cc2Br)C1. The third-order valence-corrected chi connectivity index (χ3v) is 4.23. The zero-order chi connectivity index (χ0) is 13.1. The molecule has 98 valence electrons. The van der Waals surface area contributed by atoms with E-state index in [2.05, 4.69) is 41.7 Å². The van der Waals surface area contributed by atoms with Crippen LogP contribution in [-0.2, 0) is 11.3 Å². The number of aliphatic carboxylic acids is 1. The maximum atomic E-state index is 11.0. The molecule has 1 saturated heterocycles. The van der Waals surface area contributed by atoms with Gasteiger partial charge in [-0.05, 0) is 57.3 Å².